The van der Waals surface area contributed by atoms with Crippen molar-refractivity contribution in [3.63, 3.8) is 0 Å². The van der Waals surface area contributed by atoms with Crippen LogP contribution in [0.5, 0.6) is 0 Å². The third-order valence-electron chi connectivity index (χ3n) is 2.34. The molecular weight excluding hydrogens is 197 g/mol. The zero-order chi connectivity index (χ0) is 10.8. The van der Waals surface area contributed by atoms with Crippen molar-refractivity contribution >= 4 is 8.53 Å². The van der Waals surface area contributed by atoms with Crippen LogP contribution in [0.3, 0.4) is 0 Å². The van der Waals surface area contributed by atoms with Crippen LogP contribution in [-0.2, 0) is 9.05 Å². The Labute approximate surface area is 88.7 Å². The predicted octanol–water partition coefficient (Wildman–Crippen LogP) is 3.16. The molecule has 84 valence electrons. The van der Waals surface area contributed by atoms with Gasteiger partial charge in [-0.3, -0.25) is 0 Å². The van der Waals surface area contributed by atoms with Crippen LogP contribution >= 0.6 is 8.53 Å². The first-order valence-electron chi connectivity index (χ1n) is 5.39. The molecule has 0 saturated carbocycles. The van der Waals surface area contributed by atoms with Gasteiger partial charge in [-0.2, -0.15) is 0 Å². The van der Waals surface area contributed by atoms with Gasteiger partial charge in [0, 0.05) is 19.5 Å². The number of hydrogen-bond donors (Lipinski definition) is 0. The Hall–Kier alpha value is 0.310. The summed E-state index contributed by atoms with van der Waals surface area (Å²) in [5.74, 6) is 0. The Morgan fingerprint density at radius 2 is 1.93 bits per heavy atom. The molecule has 2 atom stereocenters. The van der Waals surface area contributed by atoms with Crippen molar-refractivity contribution in [3.05, 3.63) is 0 Å². The lowest BCUT2D eigenvalue weighted by molar-refractivity contribution is -0.00909. The highest BCUT2D eigenvalue weighted by Crippen LogP contribution is 2.52. The van der Waals surface area contributed by atoms with Gasteiger partial charge in [0.2, 0.25) is 0 Å². The van der Waals surface area contributed by atoms with E-state index in [0.717, 1.165) is 19.5 Å². The molecule has 0 N–H and O–H groups in total. The van der Waals surface area contributed by atoms with Crippen LogP contribution in [-0.4, -0.2) is 29.5 Å². The Kier molecular flexibility index (Phi) is 4.32. The molecule has 3 nitrogen and oxygen atoms in total. The van der Waals surface area contributed by atoms with E-state index < -0.39 is 8.53 Å². The van der Waals surface area contributed by atoms with Crippen molar-refractivity contribution < 1.29 is 9.05 Å². The molecule has 0 aliphatic carbocycles. The standard InChI is InChI=1S/C10H22NO2P/c1-6-11(7-2)14-12-9(3)8-10(4,5)13-14/h9H,6-8H2,1-5H3/t9-,14-/m0/s1. The van der Waals surface area contributed by atoms with Crippen molar-refractivity contribution in [1.29, 1.82) is 0 Å². The maximum absolute atomic E-state index is 5.96. The lowest BCUT2D eigenvalue weighted by Gasteiger charge is -2.41. The van der Waals surface area contributed by atoms with Crippen LogP contribution in [0.4, 0.5) is 0 Å². The van der Waals surface area contributed by atoms with E-state index in [0.29, 0.717) is 6.10 Å². The van der Waals surface area contributed by atoms with E-state index in [1.807, 2.05) is 0 Å². The molecule has 4 heteroatoms. The van der Waals surface area contributed by atoms with Crippen LogP contribution < -0.4 is 0 Å². The fourth-order valence-corrected chi connectivity index (χ4v) is 3.37. The molecule has 0 aromatic carbocycles. The lowest BCUT2D eigenvalue weighted by atomic mass is 10.0. The van der Waals surface area contributed by atoms with Crippen molar-refractivity contribution in [2.45, 2.75) is 52.7 Å². The van der Waals surface area contributed by atoms with Crippen LogP contribution in [0.15, 0.2) is 0 Å². The van der Waals surface area contributed by atoms with Gasteiger partial charge in [0.15, 0.2) is 0 Å². The summed E-state index contributed by atoms with van der Waals surface area (Å²) in [6.07, 6.45) is 1.29. The first kappa shape index (κ1) is 12.4. The van der Waals surface area contributed by atoms with Gasteiger partial charge < -0.3 is 9.05 Å². The number of nitrogens with zero attached hydrogens (tertiary/aromatic N) is 1. The topological polar surface area (TPSA) is 21.7 Å². The molecule has 0 radical (unpaired) electrons. The first-order chi connectivity index (χ1) is 6.48. The molecule has 1 heterocycles. The van der Waals surface area contributed by atoms with Crippen molar-refractivity contribution in [2.75, 3.05) is 13.1 Å². The van der Waals surface area contributed by atoms with E-state index in [1.165, 1.54) is 0 Å². The monoisotopic (exact) mass is 219 g/mol. The van der Waals surface area contributed by atoms with E-state index >= 15 is 0 Å². The molecule has 1 aliphatic rings. The van der Waals surface area contributed by atoms with Gasteiger partial charge in [0.05, 0.1) is 11.7 Å². The Bertz CT molecular complexity index is 183. The first-order valence-corrected chi connectivity index (χ1v) is 6.52. The highest BCUT2D eigenvalue weighted by Gasteiger charge is 2.36. The van der Waals surface area contributed by atoms with Crippen LogP contribution in [0, 0.1) is 0 Å². The maximum atomic E-state index is 5.96. The summed E-state index contributed by atoms with van der Waals surface area (Å²) < 4.78 is 14.0. The van der Waals surface area contributed by atoms with Gasteiger partial charge in [-0.15, -0.1) is 0 Å². The molecule has 1 saturated heterocycles. The molecule has 1 aliphatic heterocycles. The highest BCUT2D eigenvalue weighted by atomic mass is 31.2. The average Bonchev–Trinajstić information content (AvgIpc) is 2.02. The zero-order valence-electron chi connectivity index (χ0n) is 9.91. The molecule has 0 spiro atoms. The second-order valence-electron chi connectivity index (χ2n) is 4.35. The smallest absolute Gasteiger partial charge is 0.259 e. The molecule has 1 rings (SSSR count). The quantitative estimate of drug-likeness (QED) is 0.680. The van der Waals surface area contributed by atoms with Gasteiger partial charge in [0.1, 0.15) is 0 Å². The van der Waals surface area contributed by atoms with Gasteiger partial charge in [-0.25, -0.2) is 4.67 Å². The predicted molar refractivity (Wildman–Crippen MR) is 60.2 cm³/mol. The molecule has 0 aromatic rings. The summed E-state index contributed by atoms with van der Waals surface area (Å²) in [6.45, 7) is 12.7. The van der Waals surface area contributed by atoms with Crippen LogP contribution in [0.1, 0.15) is 41.0 Å². The zero-order valence-corrected chi connectivity index (χ0v) is 10.8. The van der Waals surface area contributed by atoms with E-state index in [1.54, 1.807) is 0 Å². The van der Waals surface area contributed by atoms with Gasteiger partial charge in [-0.05, 0) is 20.8 Å². The minimum absolute atomic E-state index is 0.0358. The molecule has 0 aromatic heterocycles. The van der Waals surface area contributed by atoms with Crippen molar-refractivity contribution in [3.8, 4) is 0 Å². The molecule has 0 amide bonds. The average molecular weight is 219 g/mol. The van der Waals surface area contributed by atoms with Gasteiger partial charge >= 0.3 is 0 Å². The van der Waals surface area contributed by atoms with Crippen molar-refractivity contribution in [2.24, 2.45) is 0 Å². The summed E-state index contributed by atoms with van der Waals surface area (Å²) in [4.78, 5) is 0. The van der Waals surface area contributed by atoms with Crippen molar-refractivity contribution in [1.82, 2.24) is 4.67 Å². The normalized spacial score (nSPS) is 32.1. The summed E-state index contributed by atoms with van der Waals surface area (Å²) in [5, 5.41) is 0. The van der Waals surface area contributed by atoms with Crippen LogP contribution in [0.2, 0.25) is 0 Å². The molecule has 1 fully saturated rings. The number of rotatable bonds is 3. The third kappa shape index (κ3) is 3.16. The molecule has 0 unspecified atom stereocenters. The van der Waals surface area contributed by atoms with E-state index in [-0.39, 0.29) is 5.60 Å². The molecule has 0 bridgehead atoms. The third-order valence-corrected chi connectivity index (χ3v) is 4.55. The fourth-order valence-electron chi connectivity index (χ4n) is 1.73. The summed E-state index contributed by atoms with van der Waals surface area (Å²) in [6, 6.07) is 0. The summed E-state index contributed by atoms with van der Waals surface area (Å²) in [7, 11) is -0.829. The second kappa shape index (κ2) is 4.89. The molecular formula is C10H22NO2P. The maximum Gasteiger partial charge on any atom is 0.259 e. The minimum atomic E-state index is -0.829. The Balaban J connectivity index is 2.61. The summed E-state index contributed by atoms with van der Waals surface area (Å²) in [5.41, 5.74) is -0.0358. The van der Waals surface area contributed by atoms with Gasteiger partial charge in [-0.1, -0.05) is 13.8 Å². The Morgan fingerprint density at radius 3 is 2.36 bits per heavy atom. The van der Waals surface area contributed by atoms with E-state index in [9.17, 15) is 0 Å². The van der Waals surface area contributed by atoms with E-state index in [4.69, 9.17) is 9.05 Å². The molecule has 14 heavy (non-hydrogen) atoms. The SMILES string of the molecule is CCN(CC)[P@@]1O[C@@H](C)CC(C)(C)O1. The summed E-state index contributed by atoms with van der Waals surface area (Å²) >= 11 is 0. The lowest BCUT2D eigenvalue weighted by Crippen LogP contribution is -2.37. The van der Waals surface area contributed by atoms with E-state index in [2.05, 4.69) is 39.3 Å². The minimum Gasteiger partial charge on any atom is -0.319 e. The number of hydrogen-bond acceptors (Lipinski definition) is 3. The largest absolute Gasteiger partial charge is 0.319 e. The van der Waals surface area contributed by atoms with Gasteiger partial charge in [0.25, 0.3) is 8.53 Å². The fraction of sp³-hybridized carbons (Fsp3) is 1.00. The Morgan fingerprint density at radius 1 is 1.36 bits per heavy atom. The van der Waals surface area contributed by atoms with Crippen LogP contribution in [0.25, 0.3) is 0 Å². The highest BCUT2D eigenvalue weighted by molar-refractivity contribution is 7.44. The second-order valence-corrected chi connectivity index (χ2v) is 5.78.